The Morgan fingerprint density at radius 3 is 2.36 bits per heavy atom. The number of imide groups is 1. The van der Waals surface area contributed by atoms with Crippen molar-refractivity contribution in [3.63, 3.8) is 0 Å². The van der Waals surface area contributed by atoms with Crippen LogP contribution in [0.3, 0.4) is 0 Å². The molecule has 3 N–H and O–H groups in total. The number of pyridine rings is 2. The minimum atomic E-state index is -3.96. The number of hydrogen-bond acceptors (Lipinski definition) is 14. The van der Waals surface area contributed by atoms with E-state index in [1.807, 2.05) is 45.2 Å². The molecule has 3 aliphatic heterocycles. The smallest absolute Gasteiger partial charge is 0.301 e. The van der Waals surface area contributed by atoms with Crippen molar-refractivity contribution in [2.24, 2.45) is 5.92 Å². The van der Waals surface area contributed by atoms with Crippen LogP contribution in [0.15, 0.2) is 67.1 Å². The molecule has 3 saturated heterocycles. The van der Waals surface area contributed by atoms with Crippen LogP contribution in [-0.2, 0) is 25.2 Å². The Kier molecular flexibility index (Phi) is 13.2. The van der Waals surface area contributed by atoms with E-state index in [9.17, 15) is 18.0 Å². The van der Waals surface area contributed by atoms with Crippen LogP contribution >= 0.6 is 11.3 Å². The summed E-state index contributed by atoms with van der Waals surface area (Å²) in [5.41, 5.74) is 2.43. The molecular weight excluding hydrogens is 856 g/mol. The average molecular weight is 911 g/mol. The van der Waals surface area contributed by atoms with Crippen LogP contribution in [0.25, 0.3) is 21.8 Å². The number of piperidine rings is 2. The Morgan fingerprint density at radius 1 is 0.906 bits per heavy atom. The van der Waals surface area contributed by atoms with E-state index >= 15 is 4.39 Å². The number of anilines is 5. The maximum atomic E-state index is 16.2. The standard InChI is InChI=1S/C45H55FN12O4S2/c1-6-55(5)64(61,62)54-34-9-7-8-33(39(34)46)40-41(63-43(53-40)45(2,3)4)35-16-19-47-44(50-35)51-36-13-11-31(27-48-36)57-24-22-56(23-25-57)28-29-17-20-58(21-18-29)37-14-10-30(26-49-37)32-12-15-38(59)52-42(32)60/h7-11,13-14,16,19,26-27,29,32,54H,6,12,15,17-18,20-25,28H2,1-5H3,(H,52,59,60)(H,47,48,50,51)/t32-/m1/s1. The normalized spacial score (nSPS) is 18.1. The van der Waals surface area contributed by atoms with Gasteiger partial charge in [-0.1, -0.05) is 39.8 Å². The highest BCUT2D eigenvalue weighted by atomic mass is 32.2. The first-order valence-electron chi connectivity index (χ1n) is 21.8. The van der Waals surface area contributed by atoms with E-state index in [2.05, 4.69) is 46.1 Å². The SMILES string of the molecule is CCN(C)S(=O)(=O)Nc1cccc(-c2nc(C(C)(C)C)sc2-c2ccnc(Nc3ccc(N4CCN(CC5CCN(c6ccc([C@H]7CCC(=O)NC7=O)cn6)CC5)CC4)cn3)n2)c1F. The molecule has 0 radical (unpaired) electrons. The van der Waals surface area contributed by atoms with Gasteiger partial charge in [0.1, 0.15) is 11.6 Å². The number of carbonyl (C=O) groups excluding carboxylic acids is 2. The zero-order valence-corrected chi connectivity index (χ0v) is 38.5. The number of nitrogens with one attached hydrogen (secondary N) is 3. The van der Waals surface area contributed by atoms with Gasteiger partial charge in [-0.15, -0.1) is 11.3 Å². The van der Waals surface area contributed by atoms with Gasteiger partial charge in [0.05, 0.1) is 44.8 Å². The van der Waals surface area contributed by atoms with Gasteiger partial charge in [-0.05, 0) is 67.1 Å². The molecule has 1 atom stereocenters. The fraction of sp³-hybridized carbons (Fsp3) is 0.444. The highest BCUT2D eigenvalue weighted by Crippen LogP contribution is 2.42. The molecule has 0 unspecified atom stereocenters. The Balaban J connectivity index is 0.856. The van der Waals surface area contributed by atoms with Gasteiger partial charge >= 0.3 is 10.2 Å². The molecule has 4 aromatic heterocycles. The summed E-state index contributed by atoms with van der Waals surface area (Å²) in [6.45, 7) is 14.7. The molecule has 19 heteroatoms. The van der Waals surface area contributed by atoms with Crippen LogP contribution in [0, 0.1) is 11.7 Å². The van der Waals surface area contributed by atoms with Crippen molar-refractivity contribution in [3.8, 4) is 21.8 Å². The number of rotatable bonds is 13. The van der Waals surface area contributed by atoms with Crippen molar-refractivity contribution >= 4 is 62.3 Å². The van der Waals surface area contributed by atoms with Gasteiger partial charge in [0.2, 0.25) is 17.8 Å². The first-order chi connectivity index (χ1) is 30.6. The van der Waals surface area contributed by atoms with Gasteiger partial charge < -0.3 is 15.1 Å². The van der Waals surface area contributed by atoms with E-state index in [0.29, 0.717) is 46.8 Å². The largest absolute Gasteiger partial charge is 0.368 e. The molecule has 7 heterocycles. The van der Waals surface area contributed by atoms with Gasteiger partial charge in [0.25, 0.3) is 0 Å². The van der Waals surface area contributed by atoms with Gasteiger partial charge in [0, 0.05) is 89.2 Å². The van der Waals surface area contributed by atoms with E-state index in [4.69, 9.17) is 15.0 Å². The number of hydrogen-bond donors (Lipinski definition) is 3. The number of piperazine rings is 1. The lowest BCUT2D eigenvalue weighted by Crippen LogP contribution is -2.49. The predicted octanol–water partition coefficient (Wildman–Crippen LogP) is 6.40. The van der Waals surface area contributed by atoms with E-state index < -0.39 is 16.0 Å². The minimum Gasteiger partial charge on any atom is -0.368 e. The zero-order chi connectivity index (χ0) is 45.2. The van der Waals surface area contributed by atoms with E-state index in [0.717, 1.165) is 85.0 Å². The summed E-state index contributed by atoms with van der Waals surface area (Å²) in [4.78, 5) is 55.2. The summed E-state index contributed by atoms with van der Waals surface area (Å²) in [6.07, 6.45) is 8.36. The zero-order valence-electron chi connectivity index (χ0n) is 36.8. The molecular formula is C45H55FN12O4S2. The summed E-state index contributed by atoms with van der Waals surface area (Å²) < 4.78 is 45.2. The number of halogens is 1. The molecule has 5 aromatic rings. The predicted molar refractivity (Wildman–Crippen MR) is 249 cm³/mol. The van der Waals surface area contributed by atoms with Crippen LogP contribution in [0.4, 0.5) is 33.3 Å². The summed E-state index contributed by atoms with van der Waals surface area (Å²) in [5.74, 6) is 0.949. The van der Waals surface area contributed by atoms with Gasteiger partial charge in [0.15, 0.2) is 5.82 Å². The fourth-order valence-electron chi connectivity index (χ4n) is 8.19. The molecule has 3 fully saturated rings. The first kappa shape index (κ1) is 45.0. The molecule has 16 nitrogen and oxygen atoms in total. The molecule has 8 rings (SSSR count). The molecule has 0 spiro atoms. The summed E-state index contributed by atoms with van der Waals surface area (Å²) in [7, 11) is -2.53. The number of carbonyl (C=O) groups is 2. The monoisotopic (exact) mass is 910 g/mol. The van der Waals surface area contributed by atoms with Crippen LogP contribution in [-0.4, -0.2) is 114 Å². The fourth-order valence-corrected chi connectivity index (χ4v) is 10.2. The molecule has 1 aromatic carbocycles. The second-order valence-electron chi connectivity index (χ2n) is 17.6. The summed E-state index contributed by atoms with van der Waals surface area (Å²) >= 11 is 1.41. The highest BCUT2D eigenvalue weighted by molar-refractivity contribution is 7.90. The Bertz CT molecular complexity index is 2570. The summed E-state index contributed by atoms with van der Waals surface area (Å²) in [6, 6.07) is 14.3. The topological polar surface area (TPSA) is 182 Å². The quantitative estimate of drug-likeness (QED) is 0.111. The van der Waals surface area contributed by atoms with Crippen molar-refractivity contribution in [1.82, 2.24) is 39.4 Å². The molecule has 0 bridgehead atoms. The van der Waals surface area contributed by atoms with E-state index in [1.165, 1.54) is 24.5 Å². The van der Waals surface area contributed by atoms with Crippen molar-refractivity contribution in [2.75, 3.05) is 79.2 Å². The average Bonchev–Trinajstić information content (AvgIpc) is 3.74. The van der Waals surface area contributed by atoms with Gasteiger partial charge in [-0.2, -0.15) is 12.7 Å². The Hall–Kier alpha value is -5.63. The third-order valence-electron chi connectivity index (χ3n) is 12.1. The molecule has 64 heavy (non-hydrogen) atoms. The first-order valence-corrected chi connectivity index (χ1v) is 24.0. The number of amides is 2. The number of benzene rings is 1. The Labute approximate surface area is 377 Å². The third kappa shape index (κ3) is 10.2. The number of thiazole rings is 1. The lowest BCUT2D eigenvalue weighted by atomic mass is 9.91. The number of nitrogens with zero attached hydrogens (tertiary/aromatic N) is 9. The minimum absolute atomic E-state index is 0.153. The Morgan fingerprint density at radius 2 is 1.69 bits per heavy atom. The highest BCUT2D eigenvalue weighted by Gasteiger charge is 2.30. The second-order valence-corrected chi connectivity index (χ2v) is 20.4. The van der Waals surface area contributed by atoms with Crippen molar-refractivity contribution in [2.45, 2.75) is 64.7 Å². The molecule has 2 amide bonds. The van der Waals surface area contributed by atoms with Gasteiger partial charge in [-0.3, -0.25) is 24.5 Å². The van der Waals surface area contributed by atoms with Crippen LogP contribution in [0.5, 0.6) is 0 Å². The van der Waals surface area contributed by atoms with Gasteiger partial charge in [-0.25, -0.2) is 29.3 Å². The van der Waals surface area contributed by atoms with Crippen molar-refractivity contribution < 1.29 is 22.4 Å². The van der Waals surface area contributed by atoms with Crippen LogP contribution < -0.4 is 25.2 Å². The van der Waals surface area contributed by atoms with Crippen molar-refractivity contribution in [1.29, 1.82) is 0 Å². The lowest BCUT2D eigenvalue weighted by Gasteiger charge is -2.39. The van der Waals surface area contributed by atoms with Crippen molar-refractivity contribution in [3.05, 3.63) is 83.5 Å². The maximum absolute atomic E-state index is 16.2. The van der Waals surface area contributed by atoms with E-state index in [1.54, 1.807) is 37.5 Å². The molecule has 0 saturated carbocycles. The summed E-state index contributed by atoms with van der Waals surface area (Å²) in [5, 5.41) is 6.43. The maximum Gasteiger partial charge on any atom is 0.301 e. The lowest BCUT2D eigenvalue weighted by molar-refractivity contribution is -0.134. The molecule has 338 valence electrons. The second kappa shape index (κ2) is 18.8. The van der Waals surface area contributed by atoms with E-state index in [-0.39, 0.29) is 40.9 Å². The van der Waals surface area contributed by atoms with Crippen LogP contribution in [0.2, 0.25) is 0 Å². The molecule has 3 aliphatic rings. The van der Waals surface area contributed by atoms with Crippen LogP contribution in [0.1, 0.15) is 69.9 Å². The molecule has 0 aliphatic carbocycles. The third-order valence-corrected chi connectivity index (χ3v) is 15.2. The number of aromatic nitrogens is 5.